The average Bonchev–Trinajstić information content (AvgIpc) is 2.74. The summed E-state index contributed by atoms with van der Waals surface area (Å²) in [7, 11) is 6.10. The number of aromatic nitrogens is 2. The Hall–Kier alpha value is -1.59. The number of nitrogens with zero attached hydrogens (tertiary/aromatic N) is 4. The Labute approximate surface area is 107 Å². The van der Waals surface area contributed by atoms with Crippen molar-refractivity contribution in [2.45, 2.75) is 6.61 Å². The van der Waals surface area contributed by atoms with Crippen LogP contribution in [-0.4, -0.2) is 53.6 Å². The molecule has 0 amide bonds. The number of fused-ring (bicyclic) bond motifs is 1. The second kappa shape index (κ2) is 5.37. The second-order valence-corrected chi connectivity index (χ2v) is 4.69. The van der Waals surface area contributed by atoms with Crippen LogP contribution in [0.25, 0.3) is 5.65 Å². The molecule has 2 heterocycles. The van der Waals surface area contributed by atoms with Gasteiger partial charge in [0.05, 0.1) is 12.3 Å². The van der Waals surface area contributed by atoms with Gasteiger partial charge >= 0.3 is 0 Å². The Bertz CT molecular complexity index is 521. The van der Waals surface area contributed by atoms with Crippen LogP contribution in [0.15, 0.2) is 24.4 Å². The quantitative estimate of drug-likeness (QED) is 0.851. The lowest BCUT2D eigenvalue weighted by Crippen LogP contribution is -2.29. The standard InChI is InChI=1S/C13H20N4O/c1-15(2)8-9-16(3)13-11(10-18)17-7-5-4-6-12(17)14-13/h4-7,18H,8-10H2,1-3H3. The van der Waals surface area contributed by atoms with Crippen LogP contribution in [0.1, 0.15) is 5.69 Å². The largest absolute Gasteiger partial charge is 0.390 e. The molecular formula is C13H20N4O. The van der Waals surface area contributed by atoms with E-state index in [0.29, 0.717) is 0 Å². The van der Waals surface area contributed by atoms with Gasteiger partial charge in [0.15, 0.2) is 5.82 Å². The Kier molecular flexibility index (Phi) is 3.84. The third-order valence-corrected chi connectivity index (χ3v) is 3.00. The van der Waals surface area contributed by atoms with Crippen molar-refractivity contribution in [3.05, 3.63) is 30.1 Å². The zero-order chi connectivity index (χ0) is 13.1. The van der Waals surface area contributed by atoms with Crippen molar-refractivity contribution in [2.75, 3.05) is 39.1 Å². The summed E-state index contributed by atoms with van der Waals surface area (Å²) < 4.78 is 1.93. The van der Waals surface area contributed by atoms with Crippen LogP contribution in [0.5, 0.6) is 0 Å². The molecule has 0 radical (unpaired) electrons. The molecule has 0 saturated heterocycles. The third kappa shape index (κ3) is 2.47. The van der Waals surface area contributed by atoms with E-state index in [1.165, 1.54) is 0 Å². The molecule has 0 bridgehead atoms. The average molecular weight is 248 g/mol. The first-order chi connectivity index (χ1) is 8.63. The van der Waals surface area contributed by atoms with Gasteiger partial charge in [-0.3, -0.25) is 4.40 Å². The number of aliphatic hydroxyl groups excluding tert-OH is 1. The number of hydrogen-bond donors (Lipinski definition) is 1. The molecule has 0 aliphatic carbocycles. The van der Waals surface area contributed by atoms with Crippen LogP contribution in [0.3, 0.4) is 0 Å². The van der Waals surface area contributed by atoms with Gasteiger partial charge in [-0.05, 0) is 26.2 Å². The molecule has 18 heavy (non-hydrogen) atoms. The fraction of sp³-hybridized carbons (Fsp3) is 0.462. The van der Waals surface area contributed by atoms with Crippen LogP contribution in [0, 0.1) is 0 Å². The van der Waals surface area contributed by atoms with Gasteiger partial charge in [0.25, 0.3) is 0 Å². The first-order valence-electron chi connectivity index (χ1n) is 6.06. The van der Waals surface area contributed by atoms with E-state index in [-0.39, 0.29) is 6.61 Å². The minimum atomic E-state index is -0.00713. The van der Waals surface area contributed by atoms with Crippen molar-refractivity contribution in [1.82, 2.24) is 14.3 Å². The summed E-state index contributed by atoms with van der Waals surface area (Å²) in [5.74, 6) is 0.852. The number of imidazole rings is 1. The van der Waals surface area contributed by atoms with Crippen molar-refractivity contribution < 1.29 is 5.11 Å². The minimum absolute atomic E-state index is 0.00713. The summed E-state index contributed by atoms with van der Waals surface area (Å²) >= 11 is 0. The molecule has 0 spiro atoms. The van der Waals surface area contributed by atoms with E-state index >= 15 is 0 Å². The van der Waals surface area contributed by atoms with Gasteiger partial charge in [-0.2, -0.15) is 0 Å². The van der Waals surface area contributed by atoms with Crippen molar-refractivity contribution >= 4 is 11.5 Å². The van der Waals surface area contributed by atoms with E-state index in [0.717, 1.165) is 30.2 Å². The molecule has 0 aliphatic heterocycles. The summed E-state index contributed by atoms with van der Waals surface area (Å²) in [5, 5.41) is 9.53. The highest BCUT2D eigenvalue weighted by Gasteiger charge is 2.14. The van der Waals surface area contributed by atoms with Crippen molar-refractivity contribution in [3.63, 3.8) is 0 Å². The van der Waals surface area contributed by atoms with Crippen molar-refractivity contribution in [2.24, 2.45) is 0 Å². The number of aliphatic hydroxyl groups is 1. The number of likely N-dealkylation sites (N-methyl/N-ethyl adjacent to an activating group) is 2. The van der Waals surface area contributed by atoms with Gasteiger partial charge in [-0.1, -0.05) is 6.07 Å². The van der Waals surface area contributed by atoms with Gasteiger partial charge in [0.2, 0.25) is 0 Å². The van der Waals surface area contributed by atoms with Crippen molar-refractivity contribution in [3.8, 4) is 0 Å². The van der Waals surface area contributed by atoms with E-state index in [2.05, 4.69) is 14.8 Å². The van der Waals surface area contributed by atoms with Gasteiger partial charge < -0.3 is 14.9 Å². The number of hydrogen-bond acceptors (Lipinski definition) is 4. The van der Waals surface area contributed by atoms with Gasteiger partial charge in [-0.15, -0.1) is 0 Å². The molecule has 0 aromatic carbocycles. The lowest BCUT2D eigenvalue weighted by molar-refractivity contribution is 0.276. The SMILES string of the molecule is CN(C)CCN(C)c1nc2ccccn2c1CO. The summed E-state index contributed by atoms with van der Waals surface area (Å²) in [6.07, 6.45) is 1.93. The van der Waals surface area contributed by atoms with E-state index in [1.54, 1.807) is 0 Å². The second-order valence-electron chi connectivity index (χ2n) is 4.69. The lowest BCUT2D eigenvalue weighted by atomic mass is 10.4. The molecule has 5 nitrogen and oxygen atoms in total. The molecular weight excluding hydrogens is 228 g/mol. The fourth-order valence-corrected chi connectivity index (χ4v) is 1.94. The van der Waals surface area contributed by atoms with Crippen molar-refractivity contribution in [1.29, 1.82) is 0 Å². The number of rotatable bonds is 5. The predicted octanol–water partition coefficient (Wildman–Crippen LogP) is 0.824. The lowest BCUT2D eigenvalue weighted by Gasteiger charge is -2.20. The monoisotopic (exact) mass is 248 g/mol. The third-order valence-electron chi connectivity index (χ3n) is 3.00. The van der Waals surface area contributed by atoms with E-state index in [9.17, 15) is 5.11 Å². The molecule has 0 unspecified atom stereocenters. The Morgan fingerprint density at radius 2 is 2.00 bits per heavy atom. The van der Waals surface area contributed by atoms with Crippen LogP contribution < -0.4 is 4.90 Å². The molecule has 0 saturated carbocycles. The van der Waals surface area contributed by atoms with Crippen LogP contribution in [0.4, 0.5) is 5.82 Å². The van der Waals surface area contributed by atoms with Gasteiger partial charge in [-0.25, -0.2) is 4.98 Å². The normalized spacial score (nSPS) is 11.4. The summed E-state index contributed by atoms with van der Waals surface area (Å²) in [4.78, 5) is 8.78. The summed E-state index contributed by atoms with van der Waals surface area (Å²) in [6, 6.07) is 5.84. The maximum absolute atomic E-state index is 9.53. The highest BCUT2D eigenvalue weighted by molar-refractivity contribution is 5.55. The first-order valence-corrected chi connectivity index (χ1v) is 6.06. The molecule has 0 aliphatic rings. The smallest absolute Gasteiger partial charge is 0.153 e. The predicted molar refractivity (Wildman–Crippen MR) is 72.9 cm³/mol. The molecule has 2 aromatic rings. The molecule has 2 aromatic heterocycles. The Balaban J connectivity index is 2.31. The first kappa shape index (κ1) is 12.9. The van der Waals surface area contributed by atoms with Gasteiger partial charge in [0.1, 0.15) is 5.65 Å². The molecule has 5 heteroatoms. The fourth-order valence-electron chi connectivity index (χ4n) is 1.94. The Morgan fingerprint density at radius 1 is 1.22 bits per heavy atom. The summed E-state index contributed by atoms with van der Waals surface area (Å²) in [5.41, 5.74) is 1.71. The zero-order valence-corrected chi connectivity index (χ0v) is 11.2. The van der Waals surface area contributed by atoms with Crippen LogP contribution >= 0.6 is 0 Å². The van der Waals surface area contributed by atoms with Gasteiger partial charge in [0, 0.05) is 26.3 Å². The maximum Gasteiger partial charge on any atom is 0.153 e. The highest BCUT2D eigenvalue weighted by atomic mass is 16.3. The maximum atomic E-state index is 9.53. The minimum Gasteiger partial charge on any atom is -0.390 e. The topological polar surface area (TPSA) is 44.0 Å². The number of pyridine rings is 1. The van der Waals surface area contributed by atoms with E-state index in [4.69, 9.17) is 0 Å². The zero-order valence-electron chi connectivity index (χ0n) is 11.2. The van der Waals surface area contributed by atoms with Crippen LogP contribution in [-0.2, 0) is 6.61 Å². The highest BCUT2D eigenvalue weighted by Crippen LogP contribution is 2.20. The summed E-state index contributed by atoms with van der Waals surface area (Å²) in [6.45, 7) is 1.83. The molecule has 1 N–H and O–H groups in total. The van der Waals surface area contributed by atoms with Crippen LogP contribution in [0.2, 0.25) is 0 Å². The molecule has 0 atom stereocenters. The number of anilines is 1. The molecule has 0 fully saturated rings. The Morgan fingerprint density at radius 3 is 2.67 bits per heavy atom. The van der Waals surface area contributed by atoms with E-state index in [1.807, 2.05) is 49.9 Å². The molecule has 2 rings (SSSR count). The molecule has 98 valence electrons. The van der Waals surface area contributed by atoms with E-state index < -0.39 is 0 Å².